The highest BCUT2D eigenvalue weighted by Gasteiger charge is 2.09. The van der Waals surface area contributed by atoms with Crippen molar-refractivity contribution in [1.82, 2.24) is 10.6 Å². The maximum atomic E-state index is 12.3. The van der Waals surface area contributed by atoms with E-state index in [1.165, 1.54) is 0 Å². The van der Waals surface area contributed by atoms with Crippen molar-refractivity contribution in [3.8, 4) is 0 Å². The molecule has 2 rings (SSSR count). The molecule has 10 heteroatoms. The average molecular weight is 583 g/mol. The summed E-state index contributed by atoms with van der Waals surface area (Å²) in [5.74, 6) is -0.500. The second-order valence-electron chi connectivity index (χ2n) is 10.1. The van der Waals surface area contributed by atoms with Gasteiger partial charge < -0.3 is 30.7 Å². The summed E-state index contributed by atoms with van der Waals surface area (Å²) in [5.41, 5.74) is 2.22. The Labute approximate surface area is 249 Å². The molecule has 0 spiro atoms. The van der Waals surface area contributed by atoms with E-state index in [0.717, 1.165) is 51.4 Å². The van der Waals surface area contributed by atoms with E-state index in [1.807, 2.05) is 0 Å². The Hall–Kier alpha value is -3.76. The van der Waals surface area contributed by atoms with Crippen LogP contribution >= 0.6 is 0 Å². The fourth-order valence-electron chi connectivity index (χ4n) is 4.24. The van der Waals surface area contributed by atoms with Crippen molar-refractivity contribution >= 4 is 35.0 Å². The summed E-state index contributed by atoms with van der Waals surface area (Å²) in [6.45, 7) is 2.23. The third-order valence-corrected chi connectivity index (χ3v) is 6.50. The van der Waals surface area contributed by atoms with Crippen LogP contribution in [-0.2, 0) is 19.1 Å². The lowest BCUT2D eigenvalue weighted by molar-refractivity contribution is -0.117. The number of benzene rings is 2. The molecule has 0 saturated carbocycles. The number of ether oxygens (including phenoxy) is 2. The molecular weight excluding hydrogens is 536 g/mol. The van der Waals surface area contributed by atoms with Crippen LogP contribution in [0.25, 0.3) is 0 Å². The zero-order valence-corrected chi connectivity index (χ0v) is 25.0. The van der Waals surface area contributed by atoms with E-state index in [0.29, 0.717) is 61.6 Å². The third-order valence-electron chi connectivity index (χ3n) is 6.50. The highest BCUT2D eigenvalue weighted by atomic mass is 16.5. The van der Waals surface area contributed by atoms with Gasteiger partial charge in [0, 0.05) is 75.9 Å². The second-order valence-corrected chi connectivity index (χ2v) is 10.1. The first-order valence-electron chi connectivity index (χ1n) is 14.8. The Morgan fingerprint density at radius 2 is 0.976 bits per heavy atom. The minimum absolute atomic E-state index is 0.0723. The molecule has 4 N–H and O–H groups in total. The lowest BCUT2D eigenvalue weighted by atomic mass is 10.1. The van der Waals surface area contributed by atoms with Gasteiger partial charge in [-0.15, -0.1) is 0 Å². The summed E-state index contributed by atoms with van der Waals surface area (Å²) in [4.78, 5) is 49.2. The van der Waals surface area contributed by atoms with Gasteiger partial charge in [-0.25, -0.2) is 0 Å². The number of nitrogens with one attached hydrogen (secondary N) is 4. The van der Waals surface area contributed by atoms with Gasteiger partial charge in [0.2, 0.25) is 11.8 Å². The molecule has 0 heterocycles. The maximum absolute atomic E-state index is 12.3. The fraction of sp³-hybridized carbons (Fsp3) is 0.500. The number of amides is 4. The molecule has 0 aromatic heterocycles. The van der Waals surface area contributed by atoms with E-state index in [4.69, 9.17) is 9.47 Å². The summed E-state index contributed by atoms with van der Waals surface area (Å²) in [6, 6.07) is 13.8. The van der Waals surface area contributed by atoms with Crippen LogP contribution in [0.4, 0.5) is 11.4 Å². The first-order valence-corrected chi connectivity index (χ1v) is 14.8. The van der Waals surface area contributed by atoms with Gasteiger partial charge in [0.25, 0.3) is 11.8 Å². The topological polar surface area (TPSA) is 135 Å². The molecule has 0 aliphatic rings. The number of hydrogen-bond acceptors (Lipinski definition) is 6. The number of anilines is 2. The molecule has 0 radical (unpaired) electrons. The van der Waals surface area contributed by atoms with Crippen LogP contribution < -0.4 is 21.3 Å². The molecular formula is C32H46N4O6. The largest absolute Gasteiger partial charge is 0.385 e. The van der Waals surface area contributed by atoms with Crippen LogP contribution in [0, 0.1) is 0 Å². The number of carbonyl (C=O) groups excluding carboxylic acids is 4. The summed E-state index contributed by atoms with van der Waals surface area (Å²) < 4.78 is 9.96. The Kier molecular flexibility index (Phi) is 17.2. The number of carbonyl (C=O) groups is 4. The van der Waals surface area contributed by atoms with Crippen molar-refractivity contribution in [3.05, 3.63) is 59.7 Å². The van der Waals surface area contributed by atoms with Crippen LogP contribution in [0.2, 0.25) is 0 Å². The summed E-state index contributed by atoms with van der Waals surface area (Å²) in [6.07, 6.45) is 7.73. The van der Waals surface area contributed by atoms with Crippen molar-refractivity contribution in [2.24, 2.45) is 0 Å². The maximum Gasteiger partial charge on any atom is 0.251 e. The molecule has 42 heavy (non-hydrogen) atoms. The SMILES string of the molecule is COCCCNC(=O)c1cccc(NC(=O)CCCCCCCCC(=O)Nc2cccc(C(=O)NCCCOC)c2)c1. The van der Waals surface area contributed by atoms with Gasteiger partial charge in [0.15, 0.2) is 0 Å². The number of methoxy groups -OCH3 is 2. The molecule has 0 unspecified atom stereocenters. The molecule has 0 saturated heterocycles. The second kappa shape index (κ2) is 21.0. The van der Waals surface area contributed by atoms with Crippen LogP contribution in [0.5, 0.6) is 0 Å². The quantitative estimate of drug-likeness (QED) is 0.154. The standard InChI is InChI=1S/C32H46N4O6/c1-41-21-11-19-33-31(39)25-13-9-15-27(23-25)35-29(37)17-7-5-3-4-6-8-18-30(38)36-28-16-10-14-26(24-28)32(40)34-20-12-22-42-2/h9-10,13-16,23-24H,3-8,11-12,17-22H2,1-2H3,(H,33,39)(H,34,40)(H,35,37)(H,36,38). The Morgan fingerprint density at radius 3 is 1.38 bits per heavy atom. The summed E-state index contributed by atoms with van der Waals surface area (Å²) >= 11 is 0. The van der Waals surface area contributed by atoms with Gasteiger partial charge in [0.05, 0.1) is 0 Å². The fourth-order valence-corrected chi connectivity index (χ4v) is 4.24. The Morgan fingerprint density at radius 1 is 0.571 bits per heavy atom. The van der Waals surface area contributed by atoms with E-state index in [2.05, 4.69) is 21.3 Å². The van der Waals surface area contributed by atoms with Crippen molar-refractivity contribution in [2.45, 2.75) is 64.2 Å². The molecule has 0 fully saturated rings. The van der Waals surface area contributed by atoms with Gasteiger partial charge in [-0.05, 0) is 62.1 Å². The van der Waals surface area contributed by atoms with Crippen molar-refractivity contribution < 1.29 is 28.7 Å². The first kappa shape index (κ1) is 34.4. The number of hydrogen-bond donors (Lipinski definition) is 4. The molecule has 10 nitrogen and oxygen atoms in total. The smallest absolute Gasteiger partial charge is 0.251 e. The van der Waals surface area contributed by atoms with Gasteiger partial charge in [0.1, 0.15) is 0 Å². The van der Waals surface area contributed by atoms with E-state index in [9.17, 15) is 19.2 Å². The van der Waals surface area contributed by atoms with Crippen LogP contribution in [0.15, 0.2) is 48.5 Å². The van der Waals surface area contributed by atoms with E-state index >= 15 is 0 Å². The van der Waals surface area contributed by atoms with E-state index in [1.54, 1.807) is 62.8 Å². The molecule has 0 aliphatic carbocycles. The number of rotatable bonds is 21. The lowest BCUT2D eigenvalue weighted by Crippen LogP contribution is -2.25. The Balaban J connectivity index is 1.55. The molecule has 2 aromatic carbocycles. The van der Waals surface area contributed by atoms with Crippen molar-refractivity contribution in [2.75, 3.05) is 51.2 Å². The lowest BCUT2D eigenvalue weighted by Gasteiger charge is -2.09. The zero-order chi connectivity index (χ0) is 30.4. The predicted octanol–water partition coefficient (Wildman–Crippen LogP) is 4.92. The highest BCUT2D eigenvalue weighted by molar-refractivity contribution is 5.98. The minimum atomic E-state index is -0.178. The predicted molar refractivity (Wildman–Crippen MR) is 165 cm³/mol. The minimum Gasteiger partial charge on any atom is -0.385 e. The molecule has 0 bridgehead atoms. The van der Waals surface area contributed by atoms with Crippen LogP contribution in [0.3, 0.4) is 0 Å². The molecule has 2 aromatic rings. The average Bonchev–Trinajstić information content (AvgIpc) is 2.99. The normalized spacial score (nSPS) is 10.6. The zero-order valence-electron chi connectivity index (χ0n) is 25.0. The summed E-state index contributed by atoms with van der Waals surface area (Å²) in [5, 5.41) is 11.4. The van der Waals surface area contributed by atoms with Gasteiger partial charge in [-0.3, -0.25) is 19.2 Å². The Bertz CT molecular complexity index is 1040. The summed E-state index contributed by atoms with van der Waals surface area (Å²) in [7, 11) is 3.25. The van der Waals surface area contributed by atoms with Crippen molar-refractivity contribution in [3.63, 3.8) is 0 Å². The monoisotopic (exact) mass is 582 g/mol. The molecule has 230 valence electrons. The highest BCUT2D eigenvalue weighted by Crippen LogP contribution is 2.15. The van der Waals surface area contributed by atoms with Crippen molar-refractivity contribution in [1.29, 1.82) is 0 Å². The van der Waals surface area contributed by atoms with E-state index < -0.39 is 0 Å². The molecule has 0 atom stereocenters. The van der Waals surface area contributed by atoms with E-state index in [-0.39, 0.29) is 23.6 Å². The van der Waals surface area contributed by atoms with Gasteiger partial charge in [-0.1, -0.05) is 37.8 Å². The van der Waals surface area contributed by atoms with Gasteiger partial charge in [-0.2, -0.15) is 0 Å². The van der Waals surface area contributed by atoms with Crippen LogP contribution in [0.1, 0.15) is 84.9 Å². The molecule has 0 aliphatic heterocycles. The van der Waals surface area contributed by atoms with Crippen LogP contribution in [-0.4, -0.2) is 64.2 Å². The van der Waals surface area contributed by atoms with Gasteiger partial charge >= 0.3 is 0 Å². The third kappa shape index (κ3) is 14.7. The first-order chi connectivity index (χ1) is 20.4. The molecule has 4 amide bonds. The number of unbranched alkanes of at least 4 members (excludes halogenated alkanes) is 5.